The highest BCUT2D eigenvalue weighted by molar-refractivity contribution is 5.43. The lowest BCUT2D eigenvalue weighted by atomic mass is 10.1. The lowest BCUT2D eigenvalue weighted by Gasteiger charge is -2.28. The Kier molecular flexibility index (Phi) is 3.72. The summed E-state index contributed by atoms with van der Waals surface area (Å²) in [5, 5.41) is 20.8. The number of benzene rings is 1. The van der Waals surface area contributed by atoms with Gasteiger partial charge in [-0.15, -0.1) is 0 Å². The van der Waals surface area contributed by atoms with Crippen molar-refractivity contribution in [2.24, 2.45) is 0 Å². The molecule has 1 aliphatic heterocycles. The minimum absolute atomic E-state index is 0.0100. The lowest BCUT2D eigenvalue weighted by Crippen LogP contribution is -2.31. The van der Waals surface area contributed by atoms with Gasteiger partial charge in [-0.05, 0) is 13.0 Å². The standard InChI is InChI=1S/C15H16N4O3/c1-10-16-7-12-9-18(5-4-14(12)17-10)8-11-6-13(19(21)22)2-3-15(11)20/h2-3,6-7,20H,4-5,8-9H2,1H3. The zero-order valence-corrected chi connectivity index (χ0v) is 12.2. The second kappa shape index (κ2) is 5.69. The molecule has 7 heteroatoms. The molecule has 1 N–H and O–H groups in total. The van der Waals surface area contributed by atoms with Crippen LogP contribution in [0, 0.1) is 17.0 Å². The molecule has 0 atom stereocenters. The number of non-ortho nitro benzene ring substituents is 1. The fourth-order valence-electron chi connectivity index (χ4n) is 2.66. The normalized spacial score (nSPS) is 14.6. The Bertz CT molecular complexity index is 733. The Hall–Kier alpha value is -2.54. The molecule has 3 rings (SSSR count). The molecule has 0 fully saturated rings. The number of rotatable bonds is 3. The maximum absolute atomic E-state index is 10.8. The van der Waals surface area contributed by atoms with Crippen LogP contribution in [-0.2, 0) is 19.5 Å². The molecule has 0 saturated carbocycles. The number of fused-ring (bicyclic) bond motifs is 1. The van der Waals surface area contributed by atoms with E-state index in [1.165, 1.54) is 18.2 Å². The molecule has 2 aromatic rings. The first-order valence-electron chi connectivity index (χ1n) is 7.03. The molecule has 2 heterocycles. The largest absolute Gasteiger partial charge is 0.508 e. The van der Waals surface area contributed by atoms with Crippen molar-refractivity contribution in [3.05, 3.63) is 57.2 Å². The first kappa shape index (κ1) is 14.4. The van der Waals surface area contributed by atoms with Crippen LogP contribution in [-0.4, -0.2) is 31.4 Å². The van der Waals surface area contributed by atoms with Gasteiger partial charge in [-0.2, -0.15) is 0 Å². The highest BCUT2D eigenvalue weighted by atomic mass is 16.6. The van der Waals surface area contributed by atoms with Gasteiger partial charge in [-0.3, -0.25) is 15.0 Å². The number of nitrogens with zero attached hydrogens (tertiary/aromatic N) is 4. The highest BCUT2D eigenvalue weighted by Gasteiger charge is 2.20. The van der Waals surface area contributed by atoms with Gasteiger partial charge in [0.1, 0.15) is 11.6 Å². The van der Waals surface area contributed by atoms with Crippen LogP contribution >= 0.6 is 0 Å². The molecule has 7 nitrogen and oxygen atoms in total. The van der Waals surface area contributed by atoms with E-state index in [2.05, 4.69) is 14.9 Å². The van der Waals surface area contributed by atoms with Crippen LogP contribution in [0.4, 0.5) is 5.69 Å². The highest BCUT2D eigenvalue weighted by Crippen LogP contribution is 2.26. The third-order valence-corrected chi connectivity index (χ3v) is 3.80. The average Bonchev–Trinajstić information content (AvgIpc) is 2.49. The number of aromatic nitrogens is 2. The van der Waals surface area contributed by atoms with Crippen LogP contribution in [0.3, 0.4) is 0 Å². The van der Waals surface area contributed by atoms with Gasteiger partial charge in [-0.25, -0.2) is 9.97 Å². The summed E-state index contributed by atoms with van der Waals surface area (Å²) in [7, 11) is 0. The maximum Gasteiger partial charge on any atom is 0.270 e. The predicted octanol–water partition coefficient (Wildman–Crippen LogP) is 1.96. The predicted molar refractivity (Wildman–Crippen MR) is 79.3 cm³/mol. The van der Waals surface area contributed by atoms with Crippen molar-refractivity contribution in [3.8, 4) is 5.75 Å². The molecule has 114 valence electrons. The van der Waals surface area contributed by atoms with E-state index in [1.54, 1.807) is 0 Å². The van der Waals surface area contributed by atoms with E-state index in [9.17, 15) is 15.2 Å². The minimum atomic E-state index is -0.453. The van der Waals surface area contributed by atoms with E-state index < -0.39 is 4.92 Å². The molecule has 0 radical (unpaired) electrons. The molecule has 1 aromatic heterocycles. The van der Waals surface area contributed by atoms with Crippen molar-refractivity contribution in [2.45, 2.75) is 26.4 Å². The second-order valence-corrected chi connectivity index (χ2v) is 5.42. The van der Waals surface area contributed by atoms with Crippen LogP contribution in [0.5, 0.6) is 5.75 Å². The molecular formula is C15H16N4O3. The van der Waals surface area contributed by atoms with Gasteiger partial charge >= 0.3 is 0 Å². The van der Waals surface area contributed by atoms with E-state index in [1.807, 2.05) is 13.1 Å². The maximum atomic E-state index is 10.8. The molecule has 22 heavy (non-hydrogen) atoms. The number of hydrogen-bond acceptors (Lipinski definition) is 6. The summed E-state index contributed by atoms with van der Waals surface area (Å²) in [6.45, 7) is 3.80. The topological polar surface area (TPSA) is 92.4 Å². The molecule has 1 aromatic carbocycles. The molecule has 0 unspecified atom stereocenters. The summed E-state index contributed by atoms with van der Waals surface area (Å²) in [6, 6.07) is 4.11. The second-order valence-electron chi connectivity index (χ2n) is 5.42. The number of nitro benzene ring substituents is 1. The number of nitro groups is 1. The van der Waals surface area contributed by atoms with Crippen molar-refractivity contribution in [3.63, 3.8) is 0 Å². The summed E-state index contributed by atoms with van der Waals surface area (Å²) < 4.78 is 0. The van der Waals surface area contributed by atoms with Gasteiger partial charge in [0.05, 0.1) is 4.92 Å². The van der Waals surface area contributed by atoms with E-state index >= 15 is 0 Å². The molecule has 1 aliphatic rings. The summed E-state index contributed by atoms with van der Waals surface area (Å²) in [4.78, 5) is 21.2. The average molecular weight is 300 g/mol. The van der Waals surface area contributed by atoms with E-state index in [0.29, 0.717) is 18.7 Å². The molecular weight excluding hydrogens is 284 g/mol. The molecule has 0 spiro atoms. The van der Waals surface area contributed by atoms with Crippen molar-refractivity contribution >= 4 is 5.69 Å². The SMILES string of the molecule is Cc1ncc2c(n1)CCN(Cc1cc([N+](=O)[O-])ccc1O)C2. The van der Waals surface area contributed by atoms with Gasteiger partial charge in [-0.1, -0.05) is 0 Å². The number of aryl methyl sites for hydroxylation is 1. The zero-order chi connectivity index (χ0) is 15.7. The van der Waals surface area contributed by atoms with Gasteiger partial charge < -0.3 is 5.11 Å². The number of phenolic OH excluding ortho intramolecular Hbond substituents is 1. The van der Waals surface area contributed by atoms with E-state index in [4.69, 9.17) is 0 Å². The fraction of sp³-hybridized carbons (Fsp3) is 0.333. The number of hydrogen-bond donors (Lipinski definition) is 1. The third kappa shape index (κ3) is 2.89. The third-order valence-electron chi connectivity index (χ3n) is 3.80. The summed E-state index contributed by atoms with van der Waals surface area (Å²) in [5.41, 5.74) is 2.68. The lowest BCUT2D eigenvalue weighted by molar-refractivity contribution is -0.385. The van der Waals surface area contributed by atoms with Crippen molar-refractivity contribution in [1.82, 2.24) is 14.9 Å². The quantitative estimate of drug-likeness (QED) is 0.688. The van der Waals surface area contributed by atoms with Crippen LogP contribution in [0.15, 0.2) is 24.4 Å². The van der Waals surface area contributed by atoms with Crippen LogP contribution in [0.25, 0.3) is 0 Å². The van der Waals surface area contributed by atoms with Crippen LogP contribution in [0.2, 0.25) is 0 Å². The number of phenols is 1. The summed E-state index contributed by atoms with van der Waals surface area (Å²) in [6.07, 6.45) is 2.64. The smallest absolute Gasteiger partial charge is 0.270 e. The Balaban J connectivity index is 1.79. The first-order valence-corrected chi connectivity index (χ1v) is 7.03. The van der Waals surface area contributed by atoms with E-state index in [-0.39, 0.29) is 11.4 Å². The minimum Gasteiger partial charge on any atom is -0.508 e. The molecule has 0 bridgehead atoms. The Labute approximate surface area is 127 Å². The zero-order valence-electron chi connectivity index (χ0n) is 12.2. The summed E-state index contributed by atoms with van der Waals surface area (Å²) in [5.74, 6) is 0.847. The van der Waals surface area contributed by atoms with Gasteiger partial charge in [0.25, 0.3) is 5.69 Å². The van der Waals surface area contributed by atoms with Crippen LogP contribution in [0.1, 0.15) is 22.6 Å². The van der Waals surface area contributed by atoms with E-state index in [0.717, 1.165) is 30.0 Å². The van der Waals surface area contributed by atoms with Gasteiger partial charge in [0.2, 0.25) is 0 Å². The summed E-state index contributed by atoms with van der Waals surface area (Å²) >= 11 is 0. The monoisotopic (exact) mass is 300 g/mol. The van der Waals surface area contributed by atoms with Gasteiger partial charge in [0.15, 0.2) is 0 Å². The fourth-order valence-corrected chi connectivity index (χ4v) is 2.66. The Morgan fingerprint density at radius 2 is 2.27 bits per heavy atom. The molecule has 0 saturated heterocycles. The van der Waals surface area contributed by atoms with Gasteiger partial charge in [0, 0.05) is 61.2 Å². The van der Waals surface area contributed by atoms with Crippen LogP contribution < -0.4 is 0 Å². The number of aromatic hydroxyl groups is 1. The van der Waals surface area contributed by atoms with Crippen molar-refractivity contribution < 1.29 is 10.0 Å². The first-order chi connectivity index (χ1) is 10.5. The van der Waals surface area contributed by atoms with Crippen molar-refractivity contribution in [1.29, 1.82) is 0 Å². The molecule has 0 amide bonds. The Morgan fingerprint density at radius 3 is 3.05 bits per heavy atom. The Morgan fingerprint density at radius 1 is 1.45 bits per heavy atom. The molecule has 0 aliphatic carbocycles. The van der Waals surface area contributed by atoms with Crippen molar-refractivity contribution in [2.75, 3.05) is 6.54 Å².